The smallest absolute Gasteiger partial charge is 0.183 e. The number of azo groups is 1. The standard InChI is InChI=1S/C19H22N4O/c1-13-7-6-12-23-17(13)20-16(19(2,3)4)18(23)22-21-14-8-10-15(24-5)11-9-14/h6-12H,1-5H3. The molecule has 3 rings (SSSR count). The van der Waals surface area contributed by atoms with E-state index in [0.29, 0.717) is 0 Å². The summed E-state index contributed by atoms with van der Waals surface area (Å²) in [6.45, 7) is 8.46. The Kier molecular flexibility index (Phi) is 4.09. The number of aromatic nitrogens is 2. The van der Waals surface area contributed by atoms with Crippen LogP contribution in [-0.2, 0) is 5.41 Å². The van der Waals surface area contributed by atoms with Crippen LogP contribution >= 0.6 is 0 Å². The average molecular weight is 322 g/mol. The summed E-state index contributed by atoms with van der Waals surface area (Å²) >= 11 is 0. The minimum atomic E-state index is -0.118. The predicted octanol–water partition coefficient (Wildman–Crippen LogP) is 5.36. The van der Waals surface area contributed by atoms with E-state index in [1.807, 2.05) is 40.9 Å². The molecule has 5 nitrogen and oxygen atoms in total. The van der Waals surface area contributed by atoms with E-state index in [0.717, 1.165) is 34.2 Å². The summed E-state index contributed by atoms with van der Waals surface area (Å²) in [6.07, 6.45) is 1.98. The van der Waals surface area contributed by atoms with E-state index in [2.05, 4.69) is 44.0 Å². The van der Waals surface area contributed by atoms with E-state index in [-0.39, 0.29) is 5.41 Å². The lowest BCUT2D eigenvalue weighted by Gasteiger charge is -2.15. The van der Waals surface area contributed by atoms with Crippen LogP contribution in [0, 0.1) is 6.92 Å². The van der Waals surface area contributed by atoms with E-state index in [9.17, 15) is 0 Å². The minimum absolute atomic E-state index is 0.118. The van der Waals surface area contributed by atoms with Gasteiger partial charge in [0.05, 0.1) is 18.5 Å². The second-order valence-electron chi connectivity index (χ2n) is 6.82. The number of fused-ring (bicyclic) bond motifs is 1. The maximum absolute atomic E-state index is 5.17. The molecule has 2 heterocycles. The van der Waals surface area contributed by atoms with Crippen LogP contribution in [0.2, 0.25) is 0 Å². The molecule has 0 saturated heterocycles. The van der Waals surface area contributed by atoms with Crippen molar-refractivity contribution >= 4 is 17.2 Å². The van der Waals surface area contributed by atoms with Gasteiger partial charge in [0.25, 0.3) is 0 Å². The molecule has 124 valence electrons. The highest BCUT2D eigenvalue weighted by molar-refractivity contribution is 5.58. The van der Waals surface area contributed by atoms with Crippen molar-refractivity contribution in [1.82, 2.24) is 9.38 Å². The molecule has 5 heteroatoms. The quantitative estimate of drug-likeness (QED) is 0.609. The maximum atomic E-state index is 5.17. The van der Waals surface area contributed by atoms with Crippen LogP contribution < -0.4 is 4.74 Å². The van der Waals surface area contributed by atoms with Gasteiger partial charge in [0.15, 0.2) is 5.82 Å². The van der Waals surface area contributed by atoms with Gasteiger partial charge in [-0.25, -0.2) is 4.98 Å². The second-order valence-corrected chi connectivity index (χ2v) is 6.82. The van der Waals surface area contributed by atoms with E-state index in [1.165, 1.54) is 0 Å². The van der Waals surface area contributed by atoms with Gasteiger partial charge in [-0.1, -0.05) is 26.8 Å². The van der Waals surface area contributed by atoms with Gasteiger partial charge in [-0.05, 0) is 42.8 Å². The highest BCUT2D eigenvalue weighted by Gasteiger charge is 2.24. The van der Waals surface area contributed by atoms with E-state index in [4.69, 9.17) is 9.72 Å². The molecule has 0 saturated carbocycles. The SMILES string of the molecule is COc1ccc(N=Nc2c(C(C)(C)C)nc3c(C)cccn23)cc1. The molecule has 0 unspecified atom stereocenters. The lowest BCUT2D eigenvalue weighted by Crippen LogP contribution is -2.11. The molecule has 2 aromatic heterocycles. The summed E-state index contributed by atoms with van der Waals surface area (Å²) in [4.78, 5) is 4.81. The van der Waals surface area contributed by atoms with Gasteiger partial charge in [0, 0.05) is 11.6 Å². The fourth-order valence-corrected chi connectivity index (χ4v) is 2.54. The van der Waals surface area contributed by atoms with Crippen molar-refractivity contribution in [2.24, 2.45) is 10.2 Å². The molecule has 1 aromatic carbocycles. The summed E-state index contributed by atoms with van der Waals surface area (Å²) in [5, 5.41) is 8.90. The topological polar surface area (TPSA) is 51.2 Å². The average Bonchev–Trinajstić information content (AvgIpc) is 2.94. The van der Waals surface area contributed by atoms with Crippen molar-refractivity contribution in [3.05, 3.63) is 53.9 Å². The van der Waals surface area contributed by atoms with Gasteiger partial charge in [-0.3, -0.25) is 4.40 Å². The number of aryl methyl sites for hydroxylation is 1. The summed E-state index contributed by atoms with van der Waals surface area (Å²) in [5.41, 5.74) is 3.64. The predicted molar refractivity (Wildman–Crippen MR) is 95.8 cm³/mol. The number of hydrogen-bond acceptors (Lipinski definition) is 4. The summed E-state index contributed by atoms with van der Waals surface area (Å²) in [6, 6.07) is 11.6. The second kappa shape index (κ2) is 6.07. The molecule has 0 bridgehead atoms. The van der Waals surface area contributed by atoms with Gasteiger partial charge in [-0.2, -0.15) is 0 Å². The van der Waals surface area contributed by atoms with Gasteiger partial charge < -0.3 is 4.74 Å². The highest BCUT2D eigenvalue weighted by atomic mass is 16.5. The normalized spacial score (nSPS) is 12.2. The van der Waals surface area contributed by atoms with E-state index < -0.39 is 0 Å². The van der Waals surface area contributed by atoms with Crippen molar-refractivity contribution in [2.75, 3.05) is 7.11 Å². The van der Waals surface area contributed by atoms with Crippen molar-refractivity contribution in [1.29, 1.82) is 0 Å². The Morgan fingerprint density at radius 2 is 1.75 bits per heavy atom. The monoisotopic (exact) mass is 322 g/mol. The molecule has 24 heavy (non-hydrogen) atoms. The van der Waals surface area contributed by atoms with Crippen LogP contribution in [0.5, 0.6) is 5.75 Å². The molecule has 3 aromatic rings. The Hall–Kier alpha value is -2.69. The molecule has 0 aliphatic carbocycles. The zero-order valence-electron chi connectivity index (χ0n) is 14.7. The third kappa shape index (κ3) is 3.02. The first kappa shape index (κ1) is 16.2. The number of ether oxygens (including phenoxy) is 1. The molecule has 0 fully saturated rings. The van der Waals surface area contributed by atoms with Gasteiger partial charge >= 0.3 is 0 Å². The van der Waals surface area contributed by atoms with Crippen molar-refractivity contribution < 1.29 is 4.74 Å². The van der Waals surface area contributed by atoms with E-state index >= 15 is 0 Å². The molecule has 0 radical (unpaired) electrons. The minimum Gasteiger partial charge on any atom is -0.497 e. The first-order chi connectivity index (χ1) is 11.4. The molecule has 0 spiro atoms. The van der Waals surface area contributed by atoms with Crippen LogP contribution in [0.15, 0.2) is 52.8 Å². The van der Waals surface area contributed by atoms with Crippen molar-refractivity contribution in [3.63, 3.8) is 0 Å². The largest absolute Gasteiger partial charge is 0.497 e. The number of rotatable bonds is 3. The number of benzene rings is 1. The van der Waals surface area contributed by atoms with Crippen LogP contribution in [0.25, 0.3) is 5.65 Å². The molecule has 0 aliphatic heterocycles. The molecular formula is C19H22N4O. The van der Waals surface area contributed by atoms with Gasteiger partial charge in [-0.15, -0.1) is 10.2 Å². The summed E-state index contributed by atoms with van der Waals surface area (Å²) < 4.78 is 7.17. The van der Waals surface area contributed by atoms with Crippen molar-refractivity contribution in [2.45, 2.75) is 33.1 Å². The van der Waals surface area contributed by atoms with Gasteiger partial charge in [0.1, 0.15) is 11.4 Å². The molecule has 0 amide bonds. The molecular weight excluding hydrogens is 300 g/mol. The van der Waals surface area contributed by atoms with Crippen LogP contribution in [0.3, 0.4) is 0 Å². The molecule has 0 N–H and O–H groups in total. The maximum Gasteiger partial charge on any atom is 0.183 e. The number of nitrogens with zero attached hydrogens (tertiary/aromatic N) is 4. The van der Waals surface area contributed by atoms with E-state index in [1.54, 1.807) is 7.11 Å². The zero-order valence-corrected chi connectivity index (χ0v) is 14.7. The molecule has 0 aliphatic rings. The Bertz CT molecular complexity index is 886. The number of methoxy groups -OCH3 is 1. The Labute approximate surface area is 142 Å². The Balaban J connectivity index is 2.09. The van der Waals surface area contributed by atoms with Crippen LogP contribution in [0.1, 0.15) is 32.0 Å². The van der Waals surface area contributed by atoms with Gasteiger partial charge in [0.2, 0.25) is 0 Å². The summed E-state index contributed by atoms with van der Waals surface area (Å²) in [7, 11) is 1.65. The van der Waals surface area contributed by atoms with Crippen LogP contribution in [0.4, 0.5) is 11.5 Å². The fraction of sp³-hybridized carbons (Fsp3) is 0.316. The molecule has 0 atom stereocenters. The highest BCUT2D eigenvalue weighted by Crippen LogP contribution is 2.33. The van der Waals surface area contributed by atoms with Crippen LogP contribution in [-0.4, -0.2) is 16.5 Å². The summed E-state index contributed by atoms with van der Waals surface area (Å²) in [5.74, 6) is 1.58. The third-order valence-corrected chi connectivity index (χ3v) is 3.86. The zero-order chi connectivity index (χ0) is 17.3. The fourth-order valence-electron chi connectivity index (χ4n) is 2.54. The Morgan fingerprint density at radius 3 is 2.38 bits per heavy atom. The number of pyridine rings is 1. The third-order valence-electron chi connectivity index (χ3n) is 3.86. The lowest BCUT2D eigenvalue weighted by molar-refractivity contribution is 0.415. The first-order valence-corrected chi connectivity index (χ1v) is 7.94. The Morgan fingerprint density at radius 1 is 1.04 bits per heavy atom. The number of hydrogen-bond donors (Lipinski definition) is 0. The number of imidazole rings is 1. The van der Waals surface area contributed by atoms with Crippen molar-refractivity contribution in [3.8, 4) is 5.75 Å². The lowest BCUT2D eigenvalue weighted by atomic mass is 9.92. The first-order valence-electron chi connectivity index (χ1n) is 7.94.